The van der Waals surface area contributed by atoms with E-state index in [1.54, 1.807) is 47.8 Å². The molecule has 0 aliphatic carbocycles. The van der Waals surface area contributed by atoms with E-state index in [-0.39, 0.29) is 17.5 Å². The molecule has 2 heterocycles. The van der Waals surface area contributed by atoms with Gasteiger partial charge in [-0.2, -0.15) is 0 Å². The van der Waals surface area contributed by atoms with Gasteiger partial charge in [0.2, 0.25) is 11.8 Å². The molecular weight excluding hydrogens is 466 g/mol. The number of aromatic nitrogens is 1. The number of amides is 1. The van der Waals surface area contributed by atoms with E-state index in [0.717, 1.165) is 0 Å². The molecule has 10 heteroatoms. The van der Waals surface area contributed by atoms with Crippen molar-refractivity contribution in [3.05, 3.63) is 69.8 Å². The largest absolute Gasteiger partial charge is 0.493 e. The summed E-state index contributed by atoms with van der Waals surface area (Å²) in [6.45, 7) is 1.44. The van der Waals surface area contributed by atoms with Gasteiger partial charge in [-0.1, -0.05) is 17.7 Å². The summed E-state index contributed by atoms with van der Waals surface area (Å²) < 4.78 is 15.8. The summed E-state index contributed by atoms with van der Waals surface area (Å²) in [6, 6.07) is 12.0. The first-order valence-electron chi connectivity index (χ1n) is 9.66. The van der Waals surface area contributed by atoms with E-state index in [9.17, 15) is 9.59 Å². The SMILES string of the molecule is COc1ccc(C2=NC(=Cc3csc(N(C(C)=O)c4cccc(Cl)c4)n3)C(=O)O2)cc1OC. The van der Waals surface area contributed by atoms with Gasteiger partial charge in [0.05, 0.1) is 25.6 Å². The van der Waals surface area contributed by atoms with Crippen LogP contribution in [-0.2, 0) is 14.3 Å². The van der Waals surface area contributed by atoms with Gasteiger partial charge in [-0.3, -0.25) is 9.69 Å². The smallest absolute Gasteiger partial charge is 0.363 e. The number of aliphatic imine (C=N–C) groups is 1. The first-order valence-corrected chi connectivity index (χ1v) is 10.9. The van der Waals surface area contributed by atoms with E-state index < -0.39 is 5.97 Å². The van der Waals surface area contributed by atoms with Gasteiger partial charge in [0.15, 0.2) is 22.3 Å². The minimum absolute atomic E-state index is 0.0914. The first-order chi connectivity index (χ1) is 15.9. The molecule has 0 spiro atoms. The monoisotopic (exact) mass is 483 g/mol. The normalized spacial score (nSPS) is 14.1. The number of benzene rings is 2. The summed E-state index contributed by atoms with van der Waals surface area (Å²) in [5, 5.41) is 2.66. The molecule has 0 radical (unpaired) electrons. The van der Waals surface area contributed by atoms with Crippen molar-refractivity contribution < 1.29 is 23.8 Å². The zero-order valence-electron chi connectivity index (χ0n) is 17.9. The van der Waals surface area contributed by atoms with E-state index in [0.29, 0.717) is 38.6 Å². The van der Waals surface area contributed by atoms with Gasteiger partial charge in [0.1, 0.15) is 0 Å². The number of esters is 1. The van der Waals surface area contributed by atoms with Gasteiger partial charge < -0.3 is 14.2 Å². The minimum Gasteiger partial charge on any atom is -0.493 e. The van der Waals surface area contributed by atoms with Crippen molar-refractivity contribution in [2.24, 2.45) is 4.99 Å². The van der Waals surface area contributed by atoms with Crippen LogP contribution in [0.1, 0.15) is 18.2 Å². The number of carbonyl (C=O) groups excluding carboxylic acids is 2. The zero-order valence-corrected chi connectivity index (χ0v) is 19.4. The molecule has 0 N–H and O–H groups in total. The van der Waals surface area contributed by atoms with Crippen LogP contribution in [0.4, 0.5) is 10.8 Å². The number of cyclic esters (lactones) is 1. The fraction of sp³-hybridized carbons (Fsp3) is 0.130. The van der Waals surface area contributed by atoms with Gasteiger partial charge in [-0.25, -0.2) is 14.8 Å². The summed E-state index contributed by atoms with van der Waals surface area (Å²) in [4.78, 5) is 34.9. The quantitative estimate of drug-likeness (QED) is 0.368. The number of carbonyl (C=O) groups is 2. The third-order valence-corrected chi connectivity index (χ3v) is 5.70. The number of rotatable bonds is 6. The lowest BCUT2D eigenvalue weighted by atomic mass is 10.2. The molecule has 3 aromatic rings. The van der Waals surface area contributed by atoms with E-state index in [4.69, 9.17) is 25.8 Å². The number of methoxy groups -OCH3 is 2. The molecule has 4 rings (SSSR count). The Kier molecular flexibility index (Phi) is 6.43. The molecule has 168 valence electrons. The van der Waals surface area contributed by atoms with E-state index in [1.807, 2.05) is 0 Å². The summed E-state index contributed by atoms with van der Waals surface area (Å²) in [7, 11) is 3.05. The molecule has 33 heavy (non-hydrogen) atoms. The lowest BCUT2D eigenvalue weighted by Gasteiger charge is -2.18. The van der Waals surface area contributed by atoms with Crippen molar-refractivity contribution in [2.45, 2.75) is 6.92 Å². The molecule has 2 aromatic carbocycles. The average Bonchev–Trinajstić information content (AvgIpc) is 3.40. The van der Waals surface area contributed by atoms with Crippen LogP contribution in [-0.4, -0.2) is 37.0 Å². The van der Waals surface area contributed by atoms with Crippen molar-refractivity contribution in [3.8, 4) is 11.5 Å². The molecule has 0 saturated heterocycles. The maximum absolute atomic E-state index is 12.4. The maximum atomic E-state index is 12.4. The Balaban J connectivity index is 1.63. The summed E-state index contributed by atoms with van der Waals surface area (Å²) >= 11 is 7.32. The highest BCUT2D eigenvalue weighted by atomic mass is 35.5. The third-order valence-electron chi connectivity index (χ3n) is 4.62. The van der Waals surface area contributed by atoms with Crippen LogP contribution in [0, 0.1) is 0 Å². The van der Waals surface area contributed by atoms with Crippen LogP contribution < -0.4 is 14.4 Å². The molecule has 0 fully saturated rings. The van der Waals surface area contributed by atoms with E-state index in [2.05, 4.69) is 9.98 Å². The molecule has 1 amide bonds. The molecule has 0 unspecified atom stereocenters. The van der Waals surface area contributed by atoms with Crippen molar-refractivity contribution in [1.82, 2.24) is 4.98 Å². The van der Waals surface area contributed by atoms with Gasteiger partial charge >= 0.3 is 5.97 Å². The number of hydrogen-bond donors (Lipinski definition) is 0. The molecule has 0 atom stereocenters. The fourth-order valence-corrected chi connectivity index (χ4v) is 4.16. The van der Waals surface area contributed by atoms with Crippen LogP contribution in [0.3, 0.4) is 0 Å². The van der Waals surface area contributed by atoms with Gasteiger partial charge in [0.25, 0.3) is 0 Å². The number of thiazole rings is 1. The number of ether oxygens (including phenoxy) is 3. The second-order valence-corrected chi connectivity index (χ2v) is 8.07. The fourth-order valence-electron chi connectivity index (χ4n) is 3.13. The molecule has 0 saturated carbocycles. The lowest BCUT2D eigenvalue weighted by Crippen LogP contribution is -2.22. The average molecular weight is 484 g/mol. The Labute approximate surface area is 198 Å². The minimum atomic E-state index is -0.604. The molecule has 1 aromatic heterocycles. The van der Waals surface area contributed by atoms with Crippen LogP contribution >= 0.6 is 22.9 Å². The number of nitrogens with zero attached hydrogens (tertiary/aromatic N) is 3. The Morgan fingerprint density at radius 3 is 2.64 bits per heavy atom. The van der Waals surface area contributed by atoms with E-state index >= 15 is 0 Å². The number of halogens is 1. The predicted molar refractivity (Wildman–Crippen MR) is 127 cm³/mol. The van der Waals surface area contributed by atoms with Gasteiger partial charge in [-0.05, 0) is 42.5 Å². The second-order valence-electron chi connectivity index (χ2n) is 6.80. The molecular formula is C23H18ClN3O5S. The third kappa shape index (κ3) is 4.74. The van der Waals surface area contributed by atoms with E-state index in [1.165, 1.54) is 43.5 Å². The van der Waals surface area contributed by atoms with Crippen LogP contribution in [0.2, 0.25) is 5.02 Å². The zero-order chi connectivity index (χ0) is 23.5. The van der Waals surface area contributed by atoms with Crippen molar-refractivity contribution >= 4 is 57.6 Å². The highest BCUT2D eigenvalue weighted by Gasteiger charge is 2.26. The molecule has 0 bridgehead atoms. The standard InChI is InChI=1S/C23H18ClN3O5S/c1-13(28)27(17-6-4-5-15(24)10-17)23-25-16(12-33-23)11-18-22(29)32-21(26-18)14-7-8-19(30-2)20(9-14)31-3/h4-12H,1-3H3. The Hall–Kier alpha value is -3.69. The maximum Gasteiger partial charge on any atom is 0.363 e. The predicted octanol–water partition coefficient (Wildman–Crippen LogP) is 4.84. The van der Waals surface area contributed by atoms with Crippen molar-refractivity contribution in [1.29, 1.82) is 0 Å². The first kappa shape index (κ1) is 22.5. The van der Waals surface area contributed by atoms with Crippen molar-refractivity contribution in [2.75, 3.05) is 19.1 Å². The van der Waals surface area contributed by atoms with Crippen molar-refractivity contribution in [3.63, 3.8) is 0 Å². The Morgan fingerprint density at radius 2 is 1.94 bits per heavy atom. The van der Waals surface area contributed by atoms with Crippen LogP contribution in [0.5, 0.6) is 11.5 Å². The number of anilines is 2. The lowest BCUT2D eigenvalue weighted by molar-refractivity contribution is -0.130. The second kappa shape index (κ2) is 9.43. The highest BCUT2D eigenvalue weighted by molar-refractivity contribution is 7.14. The molecule has 1 aliphatic rings. The number of hydrogen-bond acceptors (Lipinski definition) is 8. The van der Waals surface area contributed by atoms with Gasteiger partial charge in [0, 0.05) is 22.9 Å². The Bertz CT molecular complexity index is 1300. The summed E-state index contributed by atoms with van der Waals surface area (Å²) in [6.07, 6.45) is 1.51. The molecule has 1 aliphatic heterocycles. The van der Waals surface area contributed by atoms with Crippen LogP contribution in [0.15, 0.2) is 58.5 Å². The molecule has 8 nitrogen and oxygen atoms in total. The Morgan fingerprint density at radius 1 is 1.15 bits per heavy atom. The topological polar surface area (TPSA) is 90.3 Å². The summed E-state index contributed by atoms with van der Waals surface area (Å²) in [5.41, 5.74) is 1.71. The van der Waals surface area contributed by atoms with Crippen LogP contribution in [0.25, 0.3) is 6.08 Å². The summed E-state index contributed by atoms with van der Waals surface area (Å²) in [5.74, 6) is 0.353. The highest BCUT2D eigenvalue weighted by Crippen LogP contribution is 2.32. The van der Waals surface area contributed by atoms with Gasteiger partial charge in [-0.15, -0.1) is 11.3 Å².